The summed E-state index contributed by atoms with van der Waals surface area (Å²) in [5.41, 5.74) is 1.55. The van der Waals surface area contributed by atoms with Gasteiger partial charge in [0.15, 0.2) is 0 Å². The maximum Gasteiger partial charge on any atom is 0.220 e. The molecule has 25 heavy (non-hydrogen) atoms. The van der Waals surface area contributed by atoms with Crippen molar-refractivity contribution in [2.24, 2.45) is 11.8 Å². The van der Waals surface area contributed by atoms with Crippen LogP contribution in [0.3, 0.4) is 0 Å². The Kier molecular flexibility index (Phi) is 7.77. The van der Waals surface area contributed by atoms with Gasteiger partial charge in [0.1, 0.15) is 0 Å². The number of nitrogens with one attached hydrogen (secondary N) is 2. The predicted octanol–water partition coefficient (Wildman–Crippen LogP) is 4.06. The minimum Gasteiger partial charge on any atom is -0.355 e. The summed E-state index contributed by atoms with van der Waals surface area (Å²) in [6, 6.07) is 10.8. The lowest BCUT2D eigenvalue weighted by atomic mass is 9.78. The van der Waals surface area contributed by atoms with Gasteiger partial charge in [0, 0.05) is 18.4 Å². The third-order valence-corrected chi connectivity index (χ3v) is 6.22. The van der Waals surface area contributed by atoms with E-state index < -0.39 is 0 Å². The third-order valence-electron chi connectivity index (χ3n) is 6.22. The van der Waals surface area contributed by atoms with Crippen molar-refractivity contribution in [1.82, 2.24) is 10.6 Å². The van der Waals surface area contributed by atoms with E-state index >= 15 is 0 Å². The van der Waals surface area contributed by atoms with Crippen molar-refractivity contribution in [3.63, 3.8) is 0 Å². The topological polar surface area (TPSA) is 41.1 Å². The molecule has 4 heteroatoms. The minimum atomic E-state index is 0. The van der Waals surface area contributed by atoms with E-state index in [2.05, 4.69) is 47.9 Å². The molecule has 2 unspecified atom stereocenters. The molecule has 3 rings (SSSR count). The van der Waals surface area contributed by atoms with E-state index in [4.69, 9.17) is 0 Å². The largest absolute Gasteiger partial charge is 0.355 e. The number of benzene rings is 1. The molecule has 1 saturated heterocycles. The highest BCUT2D eigenvalue weighted by Crippen LogP contribution is 2.40. The quantitative estimate of drug-likeness (QED) is 0.799. The summed E-state index contributed by atoms with van der Waals surface area (Å²) in [5, 5.41) is 6.74. The Morgan fingerprint density at radius 3 is 2.60 bits per heavy atom. The first-order chi connectivity index (χ1) is 11.7. The lowest BCUT2D eigenvalue weighted by molar-refractivity contribution is -0.122. The molecule has 1 heterocycles. The van der Waals surface area contributed by atoms with E-state index in [0.717, 1.165) is 19.6 Å². The lowest BCUT2D eigenvalue weighted by Gasteiger charge is -2.31. The number of hydrogen-bond acceptors (Lipinski definition) is 2. The molecule has 1 aromatic rings. The molecule has 0 aromatic heterocycles. The second kappa shape index (κ2) is 9.59. The monoisotopic (exact) mass is 364 g/mol. The van der Waals surface area contributed by atoms with Gasteiger partial charge in [0.2, 0.25) is 5.91 Å². The van der Waals surface area contributed by atoms with Crippen LogP contribution < -0.4 is 10.6 Å². The van der Waals surface area contributed by atoms with E-state index in [9.17, 15) is 4.79 Å². The highest BCUT2D eigenvalue weighted by molar-refractivity contribution is 5.85. The van der Waals surface area contributed by atoms with Crippen molar-refractivity contribution < 1.29 is 4.79 Å². The van der Waals surface area contributed by atoms with Gasteiger partial charge < -0.3 is 10.6 Å². The number of hydrogen-bond donors (Lipinski definition) is 2. The Labute approximate surface area is 158 Å². The molecule has 2 fully saturated rings. The van der Waals surface area contributed by atoms with Gasteiger partial charge in [-0.15, -0.1) is 12.4 Å². The summed E-state index contributed by atoms with van der Waals surface area (Å²) >= 11 is 0. The van der Waals surface area contributed by atoms with Crippen molar-refractivity contribution in [2.75, 3.05) is 19.6 Å². The summed E-state index contributed by atoms with van der Waals surface area (Å²) in [4.78, 5) is 12.5. The fourth-order valence-corrected chi connectivity index (χ4v) is 4.57. The van der Waals surface area contributed by atoms with Crippen molar-refractivity contribution in [3.05, 3.63) is 35.9 Å². The molecule has 1 aliphatic heterocycles. The zero-order valence-electron chi connectivity index (χ0n) is 15.4. The third kappa shape index (κ3) is 5.21. The normalized spacial score (nSPS) is 23.5. The molecule has 0 bridgehead atoms. The first-order valence-corrected chi connectivity index (χ1v) is 9.73. The van der Waals surface area contributed by atoms with Crippen LogP contribution in [0.25, 0.3) is 0 Å². The zero-order chi connectivity index (χ0) is 16.8. The van der Waals surface area contributed by atoms with Gasteiger partial charge in [-0.2, -0.15) is 0 Å². The SMILES string of the molecule is CC(CC(=O)NCC1(c2ccccc2)CCCC1)C1CCCNC1.Cl. The van der Waals surface area contributed by atoms with Gasteiger partial charge in [0.05, 0.1) is 0 Å². The Balaban J connectivity index is 0.00000225. The van der Waals surface area contributed by atoms with Crippen LogP contribution in [-0.2, 0) is 10.2 Å². The zero-order valence-corrected chi connectivity index (χ0v) is 16.2. The Morgan fingerprint density at radius 2 is 1.96 bits per heavy atom. The molecular formula is C21H33ClN2O. The van der Waals surface area contributed by atoms with Crippen LogP contribution in [-0.4, -0.2) is 25.5 Å². The smallest absolute Gasteiger partial charge is 0.220 e. The van der Waals surface area contributed by atoms with Crippen LogP contribution in [0.1, 0.15) is 57.4 Å². The first-order valence-electron chi connectivity index (χ1n) is 9.73. The first kappa shape index (κ1) is 20.3. The fourth-order valence-electron chi connectivity index (χ4n) is 4.57. The Hall–Kier alpha value is -1.06. The maximum absolute atomic E-state index is 12.5. The fraction of sp³-hybridized carbons (Fsp3) is 0.667. The van der Waals surface area contributed by atoms with Gasteiger partial charge in [-0.25, -0.2) is 0 Å². The predicted molar refractivity (Wildman–Crippen MR) is 106 cm³/mol. The van der Waals surface area contributed by atoms with Crippen LogP contribution in [0.4, 0.5) is 0 Å². The highest BCUT2D eigenvalue weighted by atomic mass is 35.5. The van der Waals surface area contributed by atoms with E-state index in [1.807, 2.05) is 0 Å². The molecule has 1 aliphatic carbocycles. The summed E-state index contributed by atoms with van der Waals surface area (Å²) in [6.07, 6.45) is 8.10. The molecular weight excluding hydrogens is 332 g/mol. The lowest BCUT2D eigenvalue weighted by Crippen LogP contribution is -2.40. The van der Waals surface area contributed by atoms with Crippen LogP contribution in [0.2, 0.25) is 0 Å². The number of rotatable bonds is 6. The maximum atomic E-state index is 12.5. The van der Waals surface area contributed by atoms with Crippen LogP contribution in [0, 0.1) is 11.8 Å². The molecule has 2 atom stereocenters. The molecule has 1 amide bonds. The second-order valence-electron chi connectivity index (χ2n) is 7.92. The number of piperidine rings is 1. The second-order valence-corrected chi connectivity index (χ2v) is 7.92. The van der Waals surface area contributed by atoms with Crippen LogP contribution in [0.5, 0.6) is 0 Å². The van der Waals surface area contributed by atoms with Crippen molar-refractivity contribution in [1.29, 1.82) is 0 Å². The number of carbonyl (C=O) groups excluding carboxylic acids is 1. The molecule has 2 aliphatic rings. The van der Waals surface area contributed by atoms with E-state index in [1.165, 1.54) is 44.1 Å². The van der Waals surface area contributed by atoms with E-state index in [-0.39, 0.29) is 23.7 Å². The minimum absolute atomic E-state index is 0. The number of halogens is 1. The van der Waals surface area contributed by atoms with E-state index in [0.29, 0.717) is 18.3 Å². The van der Waals surface area contributed by atoms with Gasteiger partial charge in [-0.05, 0) is 56.2 Å². The molecule has 1 saturated carbocycles. The van der Waals surface area contributed by atoms with Crippen molar-refractivity contribution >= 4 is 18.3 Å². The molecule has 3 nitrogen and oxygen atoms in total. The Bertz CT molecular complexity index is 522. The summed E-state index contributed by atoms with van der Waals surface area (Å²) in [7, 11) is 0. The van der Waals surface area contributed by atoms with Gasteiger partial charge >= 0.3 is 0 Å². The molecule has 140 valence electrons. The Morgan fingerprint density at radius 1 is 1.24 bits per heavy atom. The number of amides is 1. The van der Waals surface area contributed by atoms with Crippen LogP contribution >= 0.6 is 12.4 Å². The summed E-state index contributed by atoms with van der Waals surface area (Å²) in [5.74, 6) is 1.35. The van der Waals surface area contributed by atoms with Gasteiger partial charge in [-0.1, -0.05) is 50.1 Å². The summed E-state index contributed by atoms with van der Waals surface area (Å²) < 4.78 is 0. The average molecular weight is 365 g/mol. The van der Waals surface area contributed by atoms with Crippen molar-refractivity contribution in [3.8, 4) is 0 Å². The molecule has 0 radical (unpaired) electrons. The standard InChI is InChI=1S/C21H32N2O.ClH/c1-17(18-8-7-13-22-15-18)14-20(24)23-16-21(11-5-6-12-21)19-9-3-2-4-10-19;/h2-4,9-10,17-18,22H,5-8,11-16H2,1H3,(H,23,24);1H. The van der Waals surface area contributed by atoms with Gasteiger partial charge in [0.25, 0.3) is 0 Å². The van der Waals surface area contributed by atoms with E-state index in [1.54, 1.807) is 0 Å². The summed E-state index contributed by atoms with van der Waals surface area (Å²) in [6.45, 7) is 5.24. The average Bonchev–Trinajstić information content (AvgIpc) is 3.12. The highest BCUT2D eigenvalue weighted by Gasteiger charge is 2.35. The van der Waals surface area contributed by atoms with Crippen LogP contribution in [0.15, 0.2) is 30.3 Å². The number of carbonyl (C=O) groups is 1. The van der Waals surface area contributed by atoms with Gasteiger partial charge in [-0.3, -0.25) is 4.79 Å². The van der Waals surface area contributed by atoms with Crippen molar-refractivity contribution in [2.45, 2.75) is 57.3 Å². The molecule has 1 aromatic carbocycles. The molecule has 0 spiro atoms. The molecule has 2 N–H and O–H groups in total.